The SMILES string of the molecule is N=CCCCC(=O)COS(=O)(=O)c1ccccc1. The Hall–Kier alpha value is -1.53. The van der Waals surface area contributed by atoms with Crippen LogP contribution in [-0.2, 0) is 19.1 Å². The molecule has 1 N–H and O–H groups in total. The van der Waals surface area contributed by atoms with Gasteiger partial charge in [0.2, 0.25) is 0 Å². The monoisotopic (exact) mass is 269 g/mol. The summed E-state index contributed by atoms with van der Waals surface area (Å²) in [6, 6.07) is 7.69. The van der Waals surface area contributed by atoms with Gasteiger partial charge in [-0.3, -0.25) is 8.98 Å². The predicted octanol–water partition coefficient (Wildman–Crippen LogP) is 1.78. The fourth-order valence-electron chi connectivity index (χ4n) is 1.27. The minimum atomic E-state index is -3.85. The highest BCUT2D eigenvalue weighted by atomic mass is 32.2. The molecule has 0 amide bonds. The molecule has 0 aromatic heterocycles. The van der Waals surface area contributed by atoms with Crippen molar-refractivity contribution in [3.05, 3.63) is 30.3 Å². The Morgan fingerprint density at radius 1 is 1.28 bits per heavy atom. The summed E-state index contributed by atoms with van der Waals surface area (Å²) in [5, 5.41) is 6.80. The van der Waals surface area contributed by atoms with E-state index in [4.69, 9.17) is 5.41 Å². The van der Waals surface area contributed by atoms with Crippen molar-refractivity contribution in [2.24, 2.45) is 0 Å². The number of unbranched alkanes of at least 4 members (excludes halogenated alkanes) is 1. The van der Waals surface area contributed by atoms with Gasteiger partial charge in [-0.2, -0.15) is 8.42 Å². The number of benzene rings is 1. The van der Waals surface area contributed by atoms with Gasteiger partial charge in [0.25, 0.3) is 10.1 Å². The largest absolute Gasteiger partial charge is 0.313 e. The van der Waals surface area contributed by atoms with E-state index in [9.17, 15) is 13.2 Å². The molecular formula is C12H15NO4S. The van der Waals surface area contributed by atoms with Crippen LogP contribution in [0.1, 0.15) is 19.3 Å². The molecule has 0 spiro atoms. The number of hydrogen-bond donors (Lipinski definition) is 1. The molecule has 0 unspecified atom stereocenters. The molecule has 0 aliphatic rings. The standard InChI is InChI=1S/C12H15NO4S/c13-9-5-4-6-11(14)10-17-18(15,16)12-7-2-1-3-8-12/h1-3,7-9,13H,4-6,10H2. The van der Waals surface area contributed by atoms with Crippen LogP contribution in [0.4, 0.5) is 0 Å². The molecule has 18 heavy (non-hydrogen) atoms. The second kappa shape index (κ2) is 7.03. The highest BCUT2D eigenvalue weighted by molar-refractivity contribution is 7.86. The first-order chi connectivity index (χ1) is 8.56. The third-order valence-electron chi connectivity index (χ3n) is 2.21. The minimum Gasteiger partial charge on any atom is -0.313 e. The highest BCUT2D eigenvalue weighted by Gasteiger charge is 2.16. The summed E-state index contributed by atoms with van der Waals surface area (Å²) >= 11 is 0. The van der Waals surface area contributed by atoms with E-state index in [2.05, 4.69) is 4.18 Å². The van der Waals surface area contributed by atoms with Gasteiger partial charge < -0.3 is 5.41 Å². The zero-order valence-electron chi connectivity index (χ0n) is 9.83. The van der Waals surface area contributed by atoms with Crippen molar-refractivity contribution in [3.8, 4) is 0 Å². The van der Waals surface area contributed by atoms with Crippen LogP contribution in [0.2, 0.25) is 0 Å². The van der Waals surface area contributed by atoms with Gasteiger partial charge >= 0.3 is 0 Å². The van der Waals surface area contributed by atoms with Gasteiger partial charge in [0.15, 0.2) is 5.78 Å². The average Bonchev–Trinajstić information content (AvgIpc) is 2.38. The van der Waals surface area contributed by atoms with Crippen LogP contribution in [-0.4, -0.2) is 27.0 Å². The van der Waals surface area contributed by atoms with E-state index in [1.807, 2.05) is 0 Å². The Morgan fingerprint density at radius 3 is 2.56 bits per heavy atom. The maximum absolute atomic E-state index is 11.7. The molecule has 1 rings (SSSR count). The molecular weight excluding hydrogens is 254 g/mol. The van der Waals surface area contributed by atoms with E-state index in [1.165, 1.54) is 18.3 Å². The molecule has 0 aliphatic carbocycles. The van der Waals surface area contributed by atoms with Gasteiger partial charge in [-0.1, -0.05) is 18.2 Å². The average molecular weight is 269 g/mol. The summed E-state index contributed by atoms with van der Waals surface area (Å²) in [6.45, 7) is -0.449. The minimum absolute atomic E-state index is 0.0392. The molecule has 0 radical (unpaired) electrons. The number of rotatable bonds is 8. The molecule has 0 heterocycles. The Labute approximate surface area is 106 Å². The summed E-state index contributed by atoms with van der Waals surface area (Å²) in [5.41, 5.74) is 0. The van der Waals surface area contributed by atoms with Crippen LogP contribution in [0.5, 0.6) is 0 Å². The number of Topliss-reactive ketones (excluding diaryl/α,β-unsaturated/α-hetero) is 1. The van der Waals surface area contributed by atoms with Crippen molar-refractivity contribution in [1.82, 2.24) is 0 Å². The quantitative estimate of drug-likeness (QED) is 0.443. The molecule has 1 aromatic rings. The van der Waals surface area contributed by atoms with E-state index in [-0.39, 0.29) is 17.1 Å². The van der Waals surface area contributed by atoms with E-state index in [1.54, 1.807) is 18.2 Å². The van der Waals surface area contributed by atoms with Crippen molar-refractivity contribution >= 4 is 22.1 Å². The lowest BCUT2D eigenvalue weighted by Gasteiger charge is -2.04. The van der Waals surface area contributed by atoms with Crippen LogP contribution in [0, 0.1) is 5.41 Å². The van der Waals surface area contributed by atoms with Crippen molar-refractivity contribution in [1.29, 1.82) is 5.41 Å². The molecule has 0 fully saturated rings. The molecule has 98 valence electrons. The summed E-state index contributed by atoms with van der Waals surface area (Å²) in [4.78, 5) is 11.4. The maximum Gasteiger partial charge on any atom is 0.297 e. The maximum atomic E-state index is 11.7. The second-order valence-electron chi connectivity index (χ2n) is 3.66. The number of hydrogen-bond acceptors (Lipinski definition) is 5. The highest BCUT2D eigenvalue weighted by Crippen LogP contribution is 2.11. The fourth-order valence-corrected chi connectivity index (χ4v) is 2.19. The molecule has 0 atom stereocenters. The lowest BCUT2D eigenvalue weighted by atomic mass is 10.2. The van der Waals surface area contributed by atoms with Gasteiger partial charge in [-0.05, 0) is 31.2 Å². The topological polar surface area (TPSA) is 84.3 Å². The fraction of sp³-hybridized carbons (Fsp3) is 0.333. The van der Waals surface area contributed by atoms with Gasteiger partial charge in [0.1, 0.15) is 6.61 Å². The van der Waals surface area contributed by atoms with E-state index in [0.717, 1.165) is 0 Å². The summed E-state index contributed by atoms with van der Waals surface area (Å²) < 4.78 is 28.0. The number of ketones is 1. The van der Waals surface area contributed by atoms with Crippen LogP contribution in [0.25, 0.3) is 0 Å². The number of carbonyl (C=O) groups is 1. The Bertz CT molecular complexity index is 496. The Kier molecular flexibility index (Phi) is 5.67. The lowest BCUT2D eigenvalue weighted by molar-refractivity contribution is -0.121. The first kappa shape index (κ1) is 14.5. The first-order valence-electron chi connectivity index (χ1n) is 5.51. The van der Waals surface area contributed by atoms with E-state index in [0.29, 0.717) is 12.8 Å². The molecule has 6 heteroatoms. The smallest absolute Gasteiger partial charge is 0.297 e. The van der Waals surface area contributed by atoms with Crippen molar-refractivity contribution in [2.75, 3.05) is 6.61 Å². The molecule has 0 bridgehead atoms. The summed E-state index contributed by atoms with van der Waals surface area (Å²) in [6.07, 6.45) is 2.49. The normalized spacial score (nSPS) is 11.1. The third-order valence-corrected chi connectivity index (χ3v) is 3.49. The molecule has 0 saturated heterocycles. The van der Waals surface area contributed by atoms with Crippen LogP contribution in [0.15, 0.2) is 35.2 Å². The van der Waals surface area contributed by atoms with Crippen molar-refractivity contribution < 1.29 is 17.4 Å². The third kappa shape index (κ3) is 4.77. The predicted molar refractivity (Wildman–Crippen MR) is 67.2 cm³/mol. The van der Waals surface area contributed by atoms with E-state index < -0.39 is 16.7 Å². The van der Waals surface area contributed by atoms with Gasteiger partial charge in [-0.15, -0.1) is 0 Å². The molecule has 0 aliphatic heterocycles. The lowest BCUT2D eigenvalue weighted by Crippen LogP contribution is -2.14. The number of carbonyl (C=O) groups excluding carboxylic acids is 1. The zero-order chi connectivity index (χ0) is 13.4. The molecule has 1 aromatic carbocycles. The van der Waals surface area contributed by atoms with Crippen molar-refractivity contribution in [3.63, 3.8) is 0 Å². The van der Waals surface area contributed by atoms with Crippen LogP contribution < -0.4 is 0 Å². The van der Waals surface area contributed by atoms with Crippen LogP contribution >= 0.6 is 0 Å². The van der Waals surface area contributed by atoms with Gasteiger partial charge in [0, 0.05) is 6.42 Å². The Morgan fingerprint density at radius 2 is 1.94 bits per heavy atom. The molecule has 0 saturated carbocycles. The van der Waals surface area contributed by atoms with Crippen LogP contribution in [0.3, 0.4) is 0 Å². The number of nitrogens with one attached hydrogen (secondary N) is 1. The Balaban J connectivity index is 2.48. The van der Waals surface area contributed by atoms with Gasteiger partial charge in [-0.25, -0.2) is 0 Å². The van der Waals surface area contributed by atoms with Gasteiger partial charge in [0.05, 0.1) is 4.90 Å². The first-order valence-corrected chi connectivity index (χ1v) is 6.92. The second-order valence-corrected chi connectivity index (χ2v) is 5.28. The van der Waals surface area contributed by atoms with Crippen molar-refractivity contribution in [2.45, 2.75) is 24.2 Å². The summed E-state index contributed by atoms with van der Waals surface area (Å²) in [7, 11) is -3.85. The van der Waals surface area contributed by atoms with E-state index >= 15 is 0 Å². The zero-order valence-corrected chi connectivity index (χ0v) is 10.7. The molecule has 5 nitrogen and oxygen atoms in total. The summed E-state index contributed by atoms with van der Waals surface area (Å²) in [5.74, 6) is -0.281.